The van der Waals surface area contributed by atoms with Crippen LogP contribution in [-0.4, -0.2) is 46.1 Å². The van der Waals surface area contributed by atoms with E-state index in [9.17, 15) is 14.7 Å². The summed E-state index contributed by atoms with van der Waals surface area (Å²) in [5.41, 5.74) is 2.91. The first-order valence-electron chi connectivity index (χ1n) is 10.3. The van der Waals surface area contributed by atoms with Crippen molar-refractivity contribution in [2.24, 2.45) is 0 Å². The predicted molar refractivity (Wildman–Crippen MR) is 120 cm³/mol. The summed E-state index contributed by atoms with van der Waals surface area (Å²) in [5.74, 6) is 0.705. The zero-order valence-electron chi connectivity index (χ0n) is 18.0. The van der Waals surface area contributed by atoms with Gasteiger partial charge in [0.05, 0.1) is 11.4 Å². The average molecular weight is 421 g/mol. The number of phenolic OH excluding ortho intramolecular Hbond substituents is 1. The number of unbranched alkanes of at least 4 members (excludes halogenated alkanes) is 1. The number of aromatic hydroxyl groups is 1. The van der Waals surface area contributed by atoms with Gasteiger partial charge in [0.15, 0.2) is 6.61 Å². The number of rotatable bonds is 8. The SMILES string of the molecule is CCCCN(C)C(=O)COc1ccc(-c2cc(-c3ccc(O)c(C)c3)nc(=O)[nH]2)cc1. The fraction of sp³-hybridized carbons (Fsp3) is 0.292. The molecule has 2 N–H and O–H groups in total. The number of benzene rings is 2. The summed E-state index contributed by atoms with van der Waals surface area (Å²) < 4.78 is 5.60. The Bertz CT molecular complexity index is 1110. The number of H-pyrrole nitrogens is 1. The summed E-state index contributed by atoms with van der Waals surface area (Å²) in [4.78, 5) is 32.7. The molecule has 0 spiro atoms. The van der Waals surface area contributed by atoms with Gasteiger partial charge in [-0.3, -0.25) is 4.79 Å². The normalized spacial score (nSPS) is 10.7. The van der Waals surface area contributed by atoms with E-state index in [4.69, 9.17) is 4.74 Å². The Kier molecular flexibility index (Phi) is 7.07. The number of nitrogens with zero attached hydrogens (tertiary/aromatic N) is 2. The van der Waals surface area contributed by atoms with Gasteiger partial charge in [0, 0.05) is 19.2 Å². The van der Waals surface area contributed by atoms with Gasteiger partial charge in [-0.15, -0.1) is 0 Å². The van der Waals surface area contributed by atoms with Crippen LogP contribution in [0.25, 0.3) is 22.5 Å². The van der Waals surface area contributed by atoms with Crippen molar-refractivity contribution in [1.29, 1.82) is 0 Å². The van der Waals surface area contributed by atoms with E-state index < -0.39 is 5.69 Å². The lowest BCUT2D eigenvalue weighted by Gasteiger charge is -2.17. The minimum atomic E-state index is -0.459. The Balaban J connectivity index is 1.73. The molecule has 1 amide bonds. The molecular formula is C24H27N3O4. The Morgan fingerprint density at radius 2 is 1.84 bits per heavy atom. The van der Waals surface area contributed by atoms with Crippen molar-refractivity contribution in [2.45, 2.75) is 26.7 Å². The lowest BCUT2D eigenvalue weighted by atomic mass is 10.1. The van der Waals surface area contributed by atoms with Crippen LogP contribution in [0, 0.1) is 6.92 Å². The summed E-state index contributed by atoms with van der Waals surface area (Å²) in [5, 5.41) is 9.73. The van der Waals surface area contributed by atoms with E-state index in [1.165, 1.54) is 0 Å². The van der Waals surface area contributed by atoms with Crippen LogP contribution in [0.1, 0.15) is 25.3 Å². The summed E-state index contributed by atoms with van der Waals surface area (Å²) in [7, 11) is 1.78. The molecule has 7 nitrogen and oxygen atoms in total. The van der Waals surface area contributed by atoms with E-state index in [-0.39, 0.29) is 18.3 Å². The first-order valence-corrected chi connectivity index (χ1v) is 10.3. The molecule has 3 aromatic rings. The molecule has 162 valence electrons. The Hall–Kier alpha value is -3.61. The van der Waals surface area contributed by atoms with Crippen LogP contribution in [0.15, 0.2) is 53.3 Å². The highest BCUT2D eigenvalue weighted by Gasteiger charge is 2.10. The van der Waals surface area contributed by atoms with Gasteiger partial charge in [-0.05, 0) is 73.0 Å². The molecule has 0 radical (unpaired) electrons. The van der Waals surface area contributed by atoms with E-state index in [1.807, 2.05) is 12.1 Å². The molecule has 3 rings (SSSR count). The molecule has 0 saturated heterocycles. The van der Waals surface area contributed by atoms with Crippen LogP contribution in [0.2, 0.25) is 0 Å². The lowest BCUT2D eigenvalue weighted by Crippen LogP contribution is -2.32. The second-order valence-corrected chi connectivity index (χ2v) is 7.47. The standard InChI is InChI=1S/C24H27N3O4/c1-4-5-12-27(3)23(29)15-31-19-9-6-17(7-10-19)20-14-21(26-24(30)25-20)18-8-11-22(28)16(2)13-18/h6-11,13-14,28H,4-5,12,15H2,1-3H3,(H,25,26,30). The van der Waals surface area contributed by atoms with Crippen LogP contribution in [0.4, 0.5) is 0 Å². The van der Waals surface area contributed by atoms with Gasteiger partial charge in [0.2, 0.25) is 0 Å². The zero-order chi connectivity index (χ0) is 22.4. The number of hydrogen-bond acceptors (Lipinski definition) is 5. The highest BCUT2D eigenvalue weighted by molar-refractivity contribution is 5.77. The van der Waals surface area contributed by atoms with Gasteiger partial charge in [0.1, 0.15) is 11.5 Å². The molecule has 0 saturated carbocycles. The van der Waals surface area contributed by atoms with Crippen molar-refractivity contribution in [3.05, 3.63) is 64.6 Å². The van der Waals surface area contributed by atoms with Crippen LogP contribution >= 0.6 is 0 Å². The van der Waals surface area contributed by atoms with Gasteiger partial charge >= 0.3 is 5.69 Å². The highest BCUT2D eigenvalue weighted by Crippen LogP contribution is 2.26. The molecule has 1 heterocycles. The fourth-order valence-electron chi connectivity index (χ4n) is 3.08. The highest BCUT2D eigenvalue weighted by atomic mass is 16.5. The molecule has 31 heavy (non-hydrogen) atoms. The van der Waals surface area contributed by atoms with Gasteiger partial charge in [0.25, 0.3) is 5.91 Å². The number of carbonyl (C=O) groups is 1. The first-order chi connectivity index (χ1) is 14.9. The van der Waals surface area contributed by atoms with E-state index in [0.717, 1.165) is 30.5 Å². The van der Waals surface area contributed by atoms with E-state index in [1.54, 1.807) is 55.3 Å². The molecule has 7 heteroatoms. The topological polar surface area (TPSA) is 95.5 Å². The van der Waals surface area contributed by atoms with Crippen LogP contribution in [0.5, 0.6) is 11.5 Å². The summed E-state index contributed by atoms with van der Waals surface area (Å²) >= 11 is 0. The molecule has 0 bridgehead atoms. The minimum absolute atomic E-state index is 0.0179. The molecule has 0 fully saturated rings. The maximum Gasteiger partial charge on any atom is 0.345 e. The molecule has 1 aromatic heterocycles. The van der Waals surface area contributed by atoms with Crippen molar-refractivity contribution in [2.75, 3.05) is 20.2 Å². The quantitative estimate of drug-likeness (QED) is 0.577. The average Bonchev–Trinajstić information content (AvgIpc) is 2.77. The number of aromatic nitrogens is 2. The van der Waals surface area contributed by atoms with Crippen molar-refractivity contribution >= 4 is 5.91 Å². The minimum Gasteiger partial charge on any atom is -0.508 e. The summed E-state index contributed by atoms with van der Waals surface area (Å²) in [6.07, 6.45) is 2.00. The Morgan fingerprint density at radius 1 is 1.13 bits per heavy atom. The summed E-state index contributed by atoms with van der Waals surface area (Å²) in [6.45, 7) is 4.57. The van der Waals surface area contributed by atoms with Gasteiger partial charge < -0.3 is 19.7 Å². The maximum atomic E-state index is 12.1. The van der Waals surface area contributed by atoms with Gasteiger partial charge in [-0.1, -0.05) is 13.3 Å². The van der Waals surface area contributed by atoms with Gasteiger partial charge in [-0.25, -0.2) is 4.79 Å². The number of aryl methyl sites for hydroxylation is 1. The first kappa shape index (κ1) is 22.1. The number of aromatic amines is 1. The third-order valence-electron chi connectivity index (χ3n) is 5.04. The fourth-order valence-corrected chi connectivity index (χ4v) is 3.08. The van der Waals surface area contributed by atoms with Gasteiger partial charge in [-0.2, -0.15) is 4.98 Å². The number of likely N-dealkylation sites (N-methyl/N-ethyl adjacent to an activating group) is 1. The predicted octanol–water partition coefficient (Wildman–Crippen LogP) is 3.76. The molecule has 0 unspecified atom stereocenters. The number of hydrogen-bond donors (Lipinski definition) is 2. The van der Waals surface area contributed by atoms with Crippen molar-refractivity contribution in [3.63, 3.8) is 0 Å². The number of nitrogens with one attached hydrogen (secondary N) is 1. The van der Waals surface area contributed by atoms with E-state index in [2.05, 4.69) is 16.9 Å². The number of carbonyl (C=O) groups excluding carboxylic acids is 1. The number of ether oxygens (including phenoxy) is 1. The second kappa shape index (κ2) is 9.93. The largest absolute Gasteiger partial charge is 0.508 e. The third kappa shape index (κ3) is 5.72. The molecule has 2 aromatic carbocycles. The Morgan fingerprint density at radius 3 is 2.52 bits per heavy atom. The van der Waals surface area contributed by atoms with Crippen molar-refractivity contribution in [1.82, 2.24) is 14.9 Å². The molecule has 0 aliphatic heterocycles. The van der Waals surface area contributed by atoms with Crippen LogP contribution in [0.3, 0.4) is 0 Å². The lowest BCUT2D eigenvalue weighted by molar-refractivity contribution is -0.132. The molecule has 0 aliphatic carbocycles. The second-order valence-electron chi connectivity index (χ2n) is 7.47. The van der Waals surface area contributed by atoms with Crippen LogP contribution in [-0.2, 0) is 4.79 Å². The molecule has 0 atom stereocenters. The van der Waals surface area contributed by atoms with Crippen molar-refractivity contribution < 1.29 is 14.6 Å². The van der Waals surface area contributed by atoms with Crippen LogP contribution < -0.4 is 10.4 Å². The molecular weight excluding hydrogens is 394 g/mol. The number of amides is 1. The van der Waals surface area contributed by atoms with E-state index in [0.29, 0.717) is 22.7 Å². The smallest absolute Gasteiger partial charge is 0.345 e. The zero-order valence-corrected chi connectivity index (χ0v) is 18.0. The van der Waals surface area contributed by atoms with E-state index >= 15 is 0 Å². The van der Waals surface area contributed by atoms with Crippen molar-refractivity contribution in [3.8, 4) is 34.0 Å². The Labute approximate surface area is 181 Å². The third-order valence-corrected chi connectivity index (χ3v) is 5.04. The number of phenols is 1. The maximum absolute atomic E-state index is 12.1. The monoisotopic (exact) mass is 421 g/mol. The summed E-state index contributed by atoms with van der Waals surface area (Å²) in [6, 6.07) is 14.0. The molecule has 0 aliphatic rings.